The molecule has 82 valence electrons. The smallest absolute Gasteiger partial charge is 0.236 e. The van der Waals surface area contributed by atoms with Gasteiger partial charge in [0.25, 0.3) is 0 Å². The van der Waals surface area contributed by atoms with Gasteiger partial charge in [-0.1, -0.05) is 18.3 Å². The molecule has 2 N–H and O–H groups in total. The SMILES string of the molecule is CCc1ccc(-c2nnc3sc(N)nn23)s1. The predicted molar refractivity (Wildman–Crippen MR) is 65.8 cm³/mol. The first-order chi connectivity index (χ1) is 7.78. The van der Waals surface area contributed by atoms with Gasteiger partial charge in [0.15, 0.2) is 5.82 Å². The molecule has 0 amide bonds. The lowest BCUT2D eigenvalue weighted by atomic mass is 10.3. The number of nitrogen functional groups attached to an aromatic ring is 1. The largest absolute Gasteiger partial charge is 0.374 e. The second-order valence-corrected chi connectivity index (χ2v) is 5.43. The Labute approximate surface area is 99.6 Å². The third-order valence-electron chi connectivity index (χ3n) is 2.24. The normalized spacial score (nSPS) is 11.3. The molecule has 0 saturated carbocycles. The molecule has 3 aromatic rings. The fraction of sp³-hybridized carbons (Fsp3) is 0.222. The van der Waals surface area contributed by atoms with Crippen LogP contribution in [0.2, 0.25) is 0 Å². The van der Waals surface area contributed by atoms with Crippen LogP contribution in [0.5, 0.6) is 0 Å². The van der Waals surface area contributed by atoms with E-state index >= 15 is 0 Å². The molecule has 7 heteroatoms. The summed E-state index contributed by atoms with van der Waals surface area (Å²) in [7, 11) is 0. The number of rotatable bonds is 2. The van der Waals surface area contributed by atoms with Crippen molar-refractivity contribution in [2.24, 2.45) is 0 Å². The van der Waals surface area contributed by atoms with Gasteiger partial charge >= 0.3 is 0 Å². The molecular formula is C9H9N5S2. The fourth-order valence-electron chi connectivity index (χ4n) is 1.47. The van der Waals surface area contributed by atoms with E-state index in [0.717, 1.165) is 22.1 Å². The van der Waals surface area contributed by atoms with Crippen LogP contribution in [0.4, 0.5) is 5.13 Å². The molecular weight excluding hydrogens is 242 g/mol. The van der Waals surface area contributed by atoms with Gasteiger partial charge in [0.1, 0.15) is 0 Å². The predicted octanol–water partition coefficient (Wildman–Crippen LogP) is 2.06. The van der Waals surface area contributed by atoms with Crippen LogP contribution in [0.3, 0.4) is 0 Å². The summed E-state index contributed by atoms with van der Waals surface area (Å²) in [6.45, 7) is 2.13. The molecule has 0 aromatic carbocycles. The summed E-state index contributed by atoms with van der Waals surface area (Å²) < 4.78 is 1.70. The van der Waals surface area contributed by atoms with Crippen molar-refractivity contribution >= 4 is 32.8 Å². The van der Waals surface area contributed by atoms with Crippen LogP contribution < -0.4 is 5.73 Å². The number of hydrogen-bond donors (Lipinski definition) is 1. The molecule has 3 rings (SSSR count). The Hall–Kier alpha value is -1.47. The number of aromatic nitrogens is 4. The molecule has 3 aromatic heterocycles. The van der Waals surface area contributed by atoms with Gasteiger partial charge in [-0.2, -0.15) is 4.52 Å². The first-order valence-corrected chi connectivity index (χ1v) is 6.48. The molecule has 0 aliphatic heterocycles. The van der Waals surface area contributed by atoms with Gasteiger partial charge in [-0.3, -0.25) is 0 Å². The fourth-order valence-corrected chi connectivity index (χ4v) is 3.00. The van der Waals surface area contributed by atoms with E-state index in [-0.39, 0.29) is 0 Å². The van der Waals surface area contributed by atoms with E-state index in [1.54, 1.807) is 15.9 Å². The van der Waals surface area contributed by atoms with Crippen molar-refractivity contribution in [1.29, 1.82) is 0 Å². The van der Waals surface area contributed by atoms with Gasteiger partial charge in [0.05, 0.1) is 4.88 Å². The van der Waals surface area contributed by atoms with E-state index < -0.39 is 0 Å². The van der Waals surface area contributed by atoms with E-state index in [2.05, 4.69) is 34.4 Å². The first kappa shape index (κ1) is 9.73. The summed E-state index contributed by atoms with van der Waals surface area (Å²) in [6.07, 6.45) is 1.03. The Balaban J connectivity index is 2.17. The molecule has 16 heavy (non-hydrogen) atoms. The van der Waals surface area contributed by atoms with Gasteiger partial charge in [0, 0.05) is 4.88 Å². The molecule has 0 bridgehead atoms. The highest BCUT2D eigenvalue weighted by molar-refractivity contribution is 7.20. The molecule has 0 aliphatic carbocycles. The number of hydrogen-bond acceptors (Lipinski definition) is 6. The number of fused-ring (bicyclic) bond motifs is 1. The quantitative estimate of drug-likeness (QED) is 0.757. The Kier molecular flexibility index (Phi) is 2.15. The number of aryl methyl sites for hydroxylation is 1. The molecule has 0 atom stereocenters. The molecule has 5 nitrogen and oxygen atoms in total. The monoisotopic (exact) mass is 251 g/mol. The summed E-state index contributed by atoms with van der Waals surface area (Å²) in [6, 6.07) is 4.16. The van der Waals surface area contributed by atoms with Gasteiger partial charge in [-0.25, -0.2) is 0 Å². The number of nitrogens with two attached hydrogens (primary N) is 1. The van der Waals surface area contributed by atoms with E-state index in [0.29, 0.717) is 5.13 Å². The Bertz CT molecular complexity index is 635. The van der Waals surface area contributed by atoms with Gasteiger partial charge < -0.3 is 5.73 Å². The third-order valence-corrected chi connectivity index (χ3v) is 4.19. The Morgan fingerprint density at radius 3 is 2.94 bits per heavy atom. The van der Waals surface area contributed by atoms with E-state index in [9.17, 15) is 0 Å². The van der Waals surface area contributed by atoms with Crippen molar-refractivity contribution in [1.82, 2.24) is 19.8 Å². The summed E-state index contributed by atoms with van der Waals surface area (Å²) >= 11 is 3.06. The highest BCUT2D eigenvalue weighted by atomic mass is 32.1. The van der Waals surface area contributed by atoms with Gasteiger partial charge in [-0.15, -0.1) is 26.6 Å². The Morgan fingerprint density at radius 2 is 2.19 bits per heavy atom. The number of anilines is 1. The van der Waals surface area contributed by atoms with Crippen LogP contribution in [0, 0.1) is 0 Å². The number of nitrogens with zero attached hydrogens (tertiary/aromatic N) is 4. The summed E-state index contributed by atoms with van der Waals surface area (Å²) in [4.78, 5) is 3.14. The van der Waals surface area contributed by atoms with Crippen LogP contribution in [0.25, 0.3) is 15.7 Å². The lowest BCUT2D eigenvalue weighted by Gasteiger charge is -1.90. The average Bonchev–Trinajstić information content (AvgIpc) is 2.91. The Morgan fingerprint density at radius 1 is 1.31 bits per heavy atom. The minimum atomic E-state index is 0.512. The highest BCUT2D eigenvalue weighted by Crippen LogP contribution is 2.28. The van der Waals surface area contributed by atoms with Crippen LogP contribution in [-0.4, -0.2) is 19.8 Å². The number of thiophene rings is 1. The maximum absolute atomic E-state index is 5.64. The van der Waals surface area contributed by atoms with E-state index in [1.165, 1.54) is 16.2 Å². The van der Waals surface area contributed by atoms with Crippen molar-refractivity contribution in [2.75, 3.05) is 5.73 Å². The maximum Gasteiger partial charge on any atom is 0.236 e. The molecule has 0 unspecified atom stereocenters. The van der Waals surface area contributed by atoms with Crippen LogP contribution in [-0.2, 0) is 6.42 Å². The zero-order valence-electron chi connectivity index (χ0n) is 8.54. The van der Waals surface area contributed by atoms with Gasteiger partial charge in [0.2, 0.25) is 10.1 Å². The lowest BCUT2D eigenvalue weighted by molar-refractivity contribution is 0.976. The van der Waals surface area contributed by atoms with E-state index in [1.807, 2.05) is 0 Å². The van der Waals surface area contributed by atoms with Crippen molar-refractivity contribution in [3.05, 3.63) is 17.0 Å². The zero-order valence-corrected chi connectivity index (χ0v) is 10.2. The topological polar surface area (TPSA) is 69.1 Å². The molecule has 3 heterocycles. The molecule has 0 saturated heterocycles. The van der Waals surface area contributed by atoms with Crippen molar-refractivity contribution < 1.29 is 0 Å². The minimum Gasteiger partial charge on any atom is -0.374 e. The van der Waals surface area contributed by atoms with E-state index in [4.69, 9.17) is 5.73 Å². The highest BCUT2D eigenvalue weighted by Gasteiger charge is 2.13. The van der Waals surface area contributed by atoms with Crippen molar-refractivity contribution in [2.45, 2.75) is 13.3 Å². The van der Waals surface area contributed by atoms with Crippen molar-refractivity contribution in [3.8, 4) is 10.7 Å². The summed E-state index contributed by atoms with van der Waals surface area (Å²) in [5.41, 5.74) is 5.64. The van der Waals surface area contributed by atoms with Gasteiger partial charge in [-0.05, 0) is 18.6 Å². The second kappa shape index (κ2) is 3.53. The second-order valence-electron chi connectivity index (χ2n) is 3.28. The lowest BCUT2D eigenvalue weighted by Crippen LogP contribution is -1.90. The van der Waals surface area contributed by atoms with Crippen LogP contribution in [0.15, 0.2) is 12.1 Å². The summed E-state index contributed by atoms with van der Waals surface area (Å²) in [5, 5.41) is 12.9. The standard InChI is InChI=1S/C9H9N5S2/c1-2-5-3-4-6(15-5)7-11-12-9-14(7)13-8(10)16-9/h3-4H,2H2,1H3,(H2,10,13). The maximum atomic E-state index is 5.64. The molecule has 0 spiro atoms. The summed E-state index contributed by atoms with van der Waals surface area (Å²) in [5.74, 6) is 0.771. The third kappa shape index (κ3) is 1.40. The first-order valence-electron chi connectivity index (χ1n) is 4.84. The van der Waals surface area contributed by atoms with Crippen molar-refractivity contribution in [3.63, 3.8) is 0 Å². The minimum absolute atomic E-state index is 0.512. The average molecular weight is 251 g/mol. The van der Waals surface area contributed by atoms with Crippen LogP contribution >= 0.6 is 22.7 Å². The zero-order chi connectivity index (χ0) is 11.1. The molecule has 0 fully saturated rings. The molecule has 0 aliphatic rings. The van der Waals surface area contributed by atoms with Crippen LogP contribution in [0.1, 0.15) is 11.8 Å². The molecule has 0 radical (unpaired) electrons.